The van der Waals surface area contributed by atoms with Gasteiger partial charge in [0.25, 0.3) is 0 Å². The van der Waals surface area contributed by atoms with Crippen molar-refractivity contribution in [3.8, 4) is 0 Å². The van der Waals surface area contributed by atoms with Crippen LogP contribution in [0.3, 0.4) is 0 Å². The molecule has 3 nitrogen and oxygen atoms in total. The van der Waals surface area contributed by atoms with Crippen LogP contribution in [0, 0.1) is 0 Å². The number of benzene rings is 1. The Bertz CT molecular complexity index is 373. The lowest BCUT2D eigenvalue weighted by molar-refractivity contribution is -0.115. The zero-order chi connectivity index (χ0) is 14.1. The van der Waals surface area contributed by atoms with E-state index in [4.69, 9.17) is 0 Å². The summed E-state index contributed by atoms with van der Waals surface area (Å²) in [5.74, 6) is 0.0154. The summed E-state index contributed by atoms with van der Waals surface area (Å²) in [6, 6.07) is 8.51. The number of aryl methyl sites for hydroxylation is 1. The third-order valence-corrected chi connectivity index (χ3v) is 3.28. The van der Waals surface area contributed by atoms with Crippen LogP contribution in [0.15, 0.2) is 24.3 Å². The van der Waals surface area contributed by atoms with Gasteiger partial charge in [0.2, 0.25) is 5.91 Å². The molecular formula is C16H26N2O. The van der Waals surface area contributed by atoms with E-state index in [-0.39, 0.29) is 5.91 Å². The molecule has 0 fully saturated rings. The lowest BCUT2D eigenvalue weighted by atomic mass is 10.1. The Hall–Kier alpha value is -1.35. The van der Waals surface area contributed by atoms with Crippen LogP contribution in [0.25, 0.3) is 0 Å². The minimum absolute atomic E-state index is 0.0154. The van der Waals surface area contributed by atoms with Crippen molar-refractivity contribution in [1.29, 1.82) is 0 Å². The molecule has 0 heterocycles. The summed E-state index contributed by atoms with van der Waals surface area (Å²) >= 11 is 0. The molecule has 1 rings (SSSR count). The molecule has 3 heteroatoms. The van der Waals surface area contributed by atoms with Gasteiger partial charge in [0, 0.05) is 11.7 Å². The zero-order valence-electron chi connectivity index (χ0n) is 12.3. The minimum atomic E-state index is 0.0154. The van der Waals surface area contributed by atoms with Gasteiger partial charge in [-0.3, -0.25) is 4.79 Å². The van der Waals surface area contributed by atoms with Gasteiger partial charge in [-0.15, -0.1) is 0 Å². The number of carbonyl (C=O) groups is 1. The van der Waals surface area contributed by atoms with Crippen molar-refractivity contribution in [2.75, 3.05) is 11.9 Å². The Kier molecular flexibility index (Phi) is 7.19. The number of unbranched alkanes of at least 4 members (excludes halogenated alkanes) is 1. The predicted octanol–water partition coefficient (Wildman–Crippen LogP) is 3.36. The molecule has 1 aromatic rings. The zero-order valence-corrected chi connectivity index (χ0v) is 12.3. The molecule has 0 aliphatic heterocycles. The fraction of sp³-hybridized carbons (Fsp3) is 0.562. The molecule has 0 saturated heterocycles. The van der Waals surface area contributed by atoms with Crippen LogP contribution in [-0.2, 0) is 11.2 Å². The monoisotopic (exact) mass is 262 g/mol. The Morgan fingerprint density at radius 1 is 1.21 bits per heavy atom. The SMILES string of the molecule is CCCCc1ccc(NC(=O)CNC(C)CC)cc1. The highest BCUT2D eigenvalue weighted by atomic mass is 16.1. The first-order chi connectivity index (χ1) is 9.15. The summed E-state index contributed by atoms with van der Waals surface area (Å²) in [5.41, 5.74) is 2.20. The molecule has 1 unspecified atom stereocenters. The molecule has 2 N–H and O–H groups in total. The highest BCUT2D eigenvalue weighted by Gasteiger charge is 2.04. The molecule has 1 aromatic carbocycles. The maximum Gasteiger partial charge on any atom is 0.238 e. The molecule has 0 bridgehead atoms. The van der Waals surface area contributed by atoms with Gasteiger partial charge in [0.05, 0.1) is 6.54 Å². The average Bonchev–Trinajstić information content (AvgIpc) is 2.44. The number of amides is 1. The van der Waals surface area contributed by atoms with Crippen LogP contribution < -0.4 is 10.6 Å². The summed E-state index contributed by atoms with van der Waals surface area (Å²) in [6.07, 6.45) is 4.56. The Morgan fingerprint density at radius 2 is 1.89 bits per heavy atom. The van der Waals surface area contributed by atoms with Crippen molar-refractivity contribution < 1.29 is 4.79 Å². The van der Waals surface area contributed by atoms with E-state index >= 15 is 0 Å². The van der Waals surface area contributed by atoms with Crippen molar-refractivity contribution in [3.05, 3.63) is 29.8 Å². The van der Waals surface area contributed by atoms with Gasteiger partial charge in [0.15, 0.2) is 0 Å². The summed E-state index contributed by atoms with van der Waals surface area (Å²) < 4.78 is 0. The number of nitrogens with one attached hydrogen (secondary N) is 2. The molecule has 19 heavy (non-hydrogen) atoms. The molecule has 0 saturated carbocycles. The highest BCUT2D eigenvalue weighted by molar-refractivity contribution is 5.92. The van der Waals surface area contributed by atoms with E-state index < -0.39 is 0 Å². The Morgan fingerprint density at radius 3 is 2.47 bits per heavy atom. The summed E-state index contributed by atoms with van der Waals surface area (Å²) in [6.45, 7) is 6.74. The molecule has 0 radical (unpaired) electrons. The van der Waals surface area contributed by atoms with Gasteiger partial charge < -0.3 is 10.6 Å². The number of carbonyl (C=O) groups excluding carboxylic acids is 1. The number of hydrogen-bond donors (Lipinski definition) is 2. The minimum Gasteiger partial charge on any atom is -0.325 e. The second kappa shape index (κ2) is 8.70. The van der Waals surface area contributed by atoms with E-state index in [1.54, 1.807) is 0 Å². The van der Waals surface area contributed by atoms with Gasteiger partial charge in [-0.05, 0) is 43.9 Å². The fourth-order valence-corrected chi connectivity index (χ4v) is 1.75. The second-order valence-corrected chi connectivity index (χ2v) is 5.04. The maximum absolute atomic E-state index is 11.7. The topological polar surface area (TPSA) is 41.1 Å². The molecule has 0 aliphatic rings. The molecular weight excluding hydrogens is 236 g/mol. The van der Waals surface area contributed by atoms with Crippen molar-refractivity contribution >= 4 is 11.6 Å². The third kappa shape index (κ3) is 6.39. The van der Waals surface area contributed by atoms with E-state index in [1.807, 2.05) is 12.1 Å². The Balaban J connectivity index is 2.37. The van der Waals surface area contributed by atoms with Crippen LogP contribution in [0.5, 0.6) is 0 Å². The average molecular weight is 262 g/mol. The van der Waals surface area contributed by atoms with Crippen LogP contribution >= 0.6 is 0 Å². The number of rotatable bonds is 8. The van der Waals surface area contributed by atoms with E-state index in [0.29, 0.717) is 12.6 Å². The van der Waals surface area contributed by atoms with E-state index in [0.717, 1.165) is 18.5 Å². The molecule has 0 aliphatic carbocycles. The quantitative estimate of drug-likeness (QED) is 0.754. The summed E-state index contributed by atoms with van der Waals surface area (Å²) in [7, 11) is 0. The van der Waals surface area contributed by atoms with Crippen LogP contribution in [0.2, 0.25) is 0 Å². The highest BCUT2D eigenvalue weighted by Crippen LogP contribution is 2.11. The van der Waals surface area contributed by atoms with Crippen molar-refractivity contribution in [1.82, 2.24) is 5.32 Å². The normalized spacial score (nSPS) is 12.2. The summed E-state index contributed by atoms with van der Waals surface area (Å²) in [4.78, 5) is 11.7. The largest absolute Gasteiger partial charge is 0.325 e. The van der Waals surface area contributed by atoms with Crippen LogP contribution in [-0.4, -0.2) is 18.5 Å². The molecule has 0 spiro atoms. The first-order valence-corrected chi connectivity index (χ1v) is 7.27. The van der Waals surface area contributed by atoms with Crippen molar-refractivity contribution in [2.45, 2.75) is 52.5 Å². The third-order valence-electron chi connectivity index (χ3n) is 3.28. The molecule has 0 aromatic heterocycles. The van der Waals surface area contributed by atoms with E-state index in [9.17, 15) is 4.79 Å². The maximum atomic E-state index is 11.7. The Labute approximate surface area is 116 Å². The predicted molar refractivity (Wildman–Crippen MR) is 81.4 cm³/mol. The van der Waals surface area contributed by atoms with Crippen LogP contribution in [0.1, 0.15) is 45.6 Å². The lowest BCUT2D eigenvalue weighted by Crippen LogP contribution is -2.33. The van der Waals surface area contributed by atoms with Gasteiger partial charge in [-0.1, -0.05) is 32.4 Å². The van der Waals surface area contributed by atoms with E-state index in [2.05, 4.69) is 43.5 Å². The number of hydrogen-bond acceptors (Lipinski definition) is 2. The molecule has 1 amide bonds. The standard InChI is InChI=1S/C16H26N2O/c1-4-6-7-14-8-10-15(11-9-14)18-16(19)12-17-13(3)5-2/h8-11,13,17H,4-7,12H2,1-3H3,(H,18,19). The van der Waals surface area contributed by atoms with Gasteiger partial charge in [-0.2, -0.15) is 0 Å². The second-order valence-electron chi connectivity index (χ2n) is 5.04. The van der Waals surface area contributed by atoms with Gasteiger partial charge >= 0.3 is 0 Å². The summed E-state index contributed by atoms with van der Waals surface area (Å²) in [5, 5.41) is 6.08. The number of anilines is 1. The molecule has 1 atom stereocenters. The smallest absolute Gasteiger partial charge is 0.238 e. The fourth-order valence-electron chi connectivity index (χ4n) is 1.75. The lowest BCUT2D eigenvalue weighted by Gasteiger charge is -2.11. The first kappa shape index (κ1) is 15.7. The van der Waals surface area contributed by atoms with Gasteiger partial charge in [0.1, 0.15) is 0 Å². The van der Waals surface area contributed by atoms with Crippen molar-refractivity contribution in [2.24, 2.45) is 0 Å². The van der Waals surface area contributed by atoms with E-state index in [1.165, 1.54) is 18.4 Å². The van der Waals surface area contributed by atoms with Crippen molar-refractivity contribution in [3.63, 3.8) is 0 Å². The first-order valence-electron chi connectivity index (χ1n) is 7.27. The van der Waals surface area contributed by atoms with Crippen LogP contribution in [0.4, 0.5) is 5.69 Å². The molecule has 106 valence electrons. The van der Waals surface area contributed by atoms with Gasteiger partial charge in [-0.25, -0.2) is 0 Å².